The number of hydrogen-bond donors (Lipinski definition) is 3. The molecule has 110 valence electrons. The van der Waals surface area contributed by atoms with Crippen molar-refractivity contribution in [3.8, 4) is 0 Å². The van der Waals surface area contributed by atoms with E-state index in [1.807, 2.05) is 43.3 Å². The van der Waals surface area contributed by atoms with Gasteiger partial charge in [-0.25, -0.2) is 14.8 Å². The number of nitrogens with two attached hydrogens (primary N) is 1. The van der Waals surface area contributed by atoms with Gasteiger partial charge in [0.05, 0.1) is 6.21 Å². The first-order valence-electron chi connectivity index (χ1n) is 6.02. The smallest absolute Gasteiger partial charge is 0.340 e. The van der Waals surface area contributed by atoms with Crippen LogP contribution in [0.5, 0.6) is 0 Å². The monoisotopic (exact) mass is 289 g/mol. The van der Waals surface area contributed by atoms with Crippen molar-refractivity contribution in [3.63, 3.8) is 0 Å². The standard InChI is InChI=1S/C12H15N7O2/c1-19(2)9-5-3-8(4-6-9)7-14-16-12(20)15-11-10(13)17-21-18-11/h3-7H,1-2H3,(H2,13,17)(H2,15,16,18,20)/b14-7+. The van der Waals surface area contributed by atoms with Crippen molar-refractivity contribution >= 4 is 29.6 Å². The molecule has 2 amide bonds. The maximum Gasteiger partial charge on any atom is 0.340 e. The predicted octanol–water partition coefficient (Wildman–Crippen LogP) is 0.873. The van der Waals surface area contributed by atoms with Gasteiger partial charge in [-0.3, -0.25) is 5.32 Å². The number of urea groups is 1. The Labute approximate surface area is 120 Å². The summed E-state index contributed by atoms with van der Waals surface area (Å²) in [6.45, 7) is 0. The number of carbonyl (C=O) groups excluding carboxylic acids is 1. The summed E-state index contributed by atoms with van der Waals surface area (Å²) in [6.07, 6.45) is 1.52. The van der Waals surface area contributed by atoms with Gasteiger partial charge < -0.3 is 10.6 Å². The van der Waals surface area contributed by atoms with Crippen molar-refractivity contribution in [2.45, 2.75) is 0 Å². The minimum Gasteiger partial charge on any atom is -0.378 e. The molecule has 0 aliphatic rings. The highest BCUT2D eigenvalue weighted by molar-refractivity contribution is 5.91. The highest BCUT2D eigenvalue weighted by Crippen LogP contribution is 2.11. The van der Waals surface area contributed by atoms with E-state index in [0.717, 1.165) is 11.3 Å². The Bertz CT molecular complexity index is 633. The lowest BCUT2D eigenvalue weighted by Crippen LogP contribution is -2.24. The number of hydrazone groups is 1. The second-order valence-electron chi connectivity index (χ2n) is 4.31. The first kappa shape index (κ1) is 14.3. The van der Waals surface area contributed by atoms with E-state index in [1.165, 1.54) is 6.21 Å². The van der Waals surface area contributed by atoms with Crippen molar-refractivity contribution in [3.05, 3.63) is 29.8 Å². The molecule has 2 aromatic rings. The van der Waals surface area contributed by atoms with Crippen molar-refractivity contribution in [2.75, 3.05) is 30.0 Å². The maximum absolute atomic E-state index is 11.5. The minimum atomic E-state index is -0.599. The number of benzene rings is 1. The molecule has 0 aliphatic carbocycles. The zero-order valence-corrected chi connectivity index (χ0v) is 11.6. The van der Waals surface area contributed by atoms with E-state index >= 15 is 0 Å². The molecular weight excluding hydrogens is 274 g/mol. The van der Waals surface area contributed by atoms with Crippen LogP contribution in [0.2, 0.25) is 0 Å². The topological polar surface area (TPSA) is 122 Å². The largest absolute Gasteiger partial charge is 0.378 e. The molecule has 1 heterocycles. The summed E-state index contributed by atoms with van der Waals surface area (Å²) in [7, 11) is 3.92. The lowest BCUT2D eigenvalue weighted by atomic mass is 10.2. The molecule has 0 radical (unpaired) electrons. The van der Waals surface area contributed by atoms with Gasteiger partial charge in [-0.15, -0.1) is 0 Å². The molecule has 2 rings (SSSR count). The number of carbonyl (C=O) groups is 1. The molecule has 0 saturated carbocycles. The van der Waals surface area contributed by atoms with E-state index in [-0.39, 0.29) is 11.6 Å². The van der Waals surface area contributed by atoms with Crippen LogP contribution < -0.4 is 21.4 Å². The van der Waals surface area contributed by atoms with E-state index in [2.05, 4.69) is 30.8 Å². The van der Waals surface area contributed by atoms with E-state index in [0.29, 0.717) is 0 Å². The number of anilines is 3. The Kier molecular flexibility index (Phi) is 4.34. The Hall–Kier alpha value is -3.10. The lowest BCUT2D eigenvalue weighted by Gasteiger charge is -2.11. The summed E-state index contributed by atoms with van der Waals surface area (Å²) < 4.78 is 4.34. The van der Waals surface area contributed by atoms with Gasteiger partial charge in [0.1, 0.15) is 0 Å². The molecule has 0 spiro atoms. The zero-order valence-electron chi connectivity index (χ0n) is 11.6. The molecule has 0 unspecified atom stereocenters. The van der Waals surface area contributed by atoms with Gasteiger partial charge in [0.15, 0.2) is 0 Å². The molecule has 1 aromatic heterocycles. The number of hydrogen-bond acceptors (Lipinski definition) is 7. The van der Waals surface area contributed by atoms with E-state index in [1.54, 1.807) is 0 Å². The zero-order chi connectivity index (χ0) is 15.2. The highest BCUT2D eigenvalue weighted by atomic mass is 16.6. The second-order valence-corrected chi connectivity index (χ2v) is 4.31. The molecule has 0 atom stereocenters. The third kappa shape index (κ3) is 3.93. The van der Waals surface area contributed by atoms with Crippen LogP contribution in [0.4, 0.5) is 22.1 Å². The maximum atomic E-state index is 11.5. The van der Waals surface area contributed by atoms with Gasteiger partial charge in [0.2, 0.25) is 11.6 Å². The third-order valence-electron chi connectivity index (χ3n) is 2.54. The normalized spacial score (nSPS) is 10.6. The summed E-state index contributed by atoms with van der Waals surface area (Å²) in [6, 6.07) is 7.07. The van der Waals surface area contributed by atoms with Gasteiger partial charge in [0, 0.05) is 19.8 Å². The summed E-state index contributed by atoms with van der Waals surface area (Å²) >= 11 is 0. The number of aromatic nitrogens is 2. The summed E-state index contributed by atoms with van der Waals surface area (Å²) in [5.74, 6) is 0.0337. The number of nitrogens with zero attached hydrogens (tertiary/aromatic N) is 4. The van der Waals surface area contributed by atoms with Crippen LogP contribution in [0.25, 0.3) is 0 Å². The Balaban J connectivity index is 1.87. The van der Waals surface area contributed by atoms with Crippen molar-refractivity contribution in [1.82, 2.24) is 15.7 Å². The molecule has 9 nitrogen and oxygen atoms in total. The van der Waals surface area contributed by atoms with E-state index in [9.17, 15) is 4.79 Å². The molecule has 0 bridgehead atoms. The van der Waals surface area contributed by atoms with E-state index in [4.69, 9.17) is 5.73 Å². The summed E-state index contributed by atoms with van der Waals surface area (Å²) in [5, 5.41) is 12.9. The summed E-state index contributed by atoms with van der Waals surface area (Å²) in [5.41, 5.74) is 9.60. The first-order chi connectivity index (χ1) is 10.1. The van der Waals surface area contributed by atoms with Crippen molar-refractivity contribution < 1.29 is 9.42 Å². The van der Waals surface area contributed by atoms with Gasteiger partial charge in [-0.2, -0.15) is 5.10 Å². The quantitative estimate of drug-likeness (QED) is 0.567. The van der Waals surface area contributed by atoms with Crippen molar-refractivity contribution in [2.24, 2.45) is 5.10 Å². The fraction of sp³-hybridized carbons (Fsp3) is 0.167. The summed E-state index contributed by atoms with van der Waals surface area (Å²) in [4.78, 5) is 13.5. The second kappa shape index (κ2) is 6.37. The molecule has 0 aliphatic heterocycles. The van der Waals surface area contributed by atoms with Gasteiger partial charge in [-0.1, -0.05) is 12.1 Å². The molecule has 0 fully saturated rings. The lowest BCUT2D eigenvalue weighted by molar-refractivity contribution is 0.252. The van der Waals surface area contributed by atoms with Crippen molar-refractivity contribution in [1.29, 1.82) is 0 Å². The van der Waals surface area contributed by atoms with Crippen LogP contribution in [0.15, 0.2) is 34.0 Å². The average Bonchev–Trinajstić information content (AvgIpc) is 2.85. The van der Waals surface area contributed by atoms with Crippen LogP contribution >= 0.6 is 0 Å². The molecular formula is C12H15N7O2. The molecule has 4 N–H and O–H groups in total. The van der Waals surface area contributed by atoms with Crippen LogP contribution in [-0.4, -0.2) is 36.7 Å². The fourth-order valence-corrected chi connectivity index (χ4v) is 1.44. The third-order valence-corrected chi connectivity index (χ3v) is 2.54. The fourth-order valence-electron chi connectivity index (χ4n) is 1.44. The van der Waals surface area contributed by atoms with Gasteiger partial charge in [0.25, 0.3) is 0 Å². The predicted molar refractivity (Wildman–Crippen MR) is 79.2 cm³/mol. The van der Waals surface area contributed by atoms with Gasteiger partial charge in [-0.05, 0) is 28.0 Å². The highest BCUT2D eigenvalue weighted by Gasteiger charge is 2.08. The first-order valence-corrected chi connectivity index (χ1v) is 6.02. The Morgan fingerprint density at radius 3 is 2.62 bits per heavy atom. The number of nitrogens with one attached hydrogen (secondary N) is 2. The molecule has 0 saturated heterocycles. The molecule has 21 heavy (non-hydrogen) atoms. The Morgan fingerprint density at radius 1 is 1.33 bits per heavy atom. The van der Waals surface area contributed by atoms with Crippen LogP contribution in [-0.2, 0) is 0 Å². The minimum absolute atomic E-state index is 0.00611. The Morgan fingerprint density at radius 2 is 2.05 bits per heavy atom. The number of amides is 2. The SMILES string of the molecule is CN(C)c1ccc(/C=N/NC(=O)Nc2nonc2N)cc1. The van der Waals surface area contributed by atoms with E-state index < -0.39 is 6.03 Å². The molecule has 9 heteroatoms. The van der Waals surface area contributed by atoms with Crippen LogP contribution in [0.1, 0.15) is 5.56 Å². The molecule has 1 aromatic carbocycles. The number of nitrogen functional groups attached to an aromatic ring is 1. The van der Waals surface area contributed by atoms with Crippen LogP contribution in [0, 0.1) is 0 Å². The average molecular weight is 289 g/mol. The number of rotatable bonds is 4. The van der Waals surface area contributed by atoms with Crippen LogP contribution in [0.3, 0.4) is 0 Å². The van der Waals surface area contributed by atoms with Gasteiger partial charge >= 0.3 is 6.03 Å².